The first-order chi connectivity index (χ1) is 8.13. The van der Waals surface area contributed by atoms with Crippen LogP contribution in [0.3, 0.4) is 0 Å². The van der Waals surface area contributed by atoms with Gasteiger partial charge in [-0.1, -0.05) is 6.42 Å². The molecule has 0 radical (unpaired) electrons. The molecule has 0 heterocycles. The summed E-state index contributed by atoms with van der Waals surface area (Å²) in [7, 11) is 0. The van der Waals surface area contributed by atoms with E-state index in [1.165, 1.54) is 0 Å². The Balaban J connectivity index is 2.20. The van der Waals surface area contributed by atoms with E-state index < -0.39 is 6.29 Å². The lowest BCUT2D eigenvalue weighted by molar-refractivity contribution is -0.163. The van der Waals surface area contributed by atoms with Crippen molar-refractivity contribution in [1.29, 1.82) is 0 Å². The van der Waals surface area contributed by atoms with Gasteiger partial charge in [0.15, 0.2) is 6.29 Å². The van der Waals surface area contributed by atoms with Crippen LogP contribution in [0.4, 0.5) is 0 Å². The predicted molar refractivity (Wildman–Crippen MR) is 66.2 cm³/mol. The van der Waals surface area contributed by atoms with Crippen LogP contribution in [-0.4, -0.2) is 41.3 Å². The molecule has 1 aliphatic carbocycles. The molecule has 0 unspecified atom stereocenters. The number of ether oxygens (including phenoxy) is 1. The Labute approximate surface area is 103 Å². The molecular weight excluding hydrogens is 220 g/mol. The summed E-state index contributed by atoms with van der Waals surface area (Å²) >= 11 is 0. The van der Waals surface area contributed by atoms with Gasteiger partial charge in [-0.3, -0.25) is 0 Å². The molecule has 5 heteroatoms. The topological polar surface area (TPSA) is 102 Å². The molecule has 1 saturated carbocycles. The van der Waals surface area contributed by atoms with Crippen LogP contribution >= 0.6 is 0 Å². The number of unbranched alkanes of at least 4 members (excludes halogenated alkanes) is 1. The van der Waals surface area contributed by atoms with Crippen LogP contribution in [0.5, 0.6) is 0 Å². The van der Waals surface area contributed by atoms with E-state index in [4.69, 9.17) is 16.2 Å². The van der Waals surface area contributed by atoms with Crippen molar-refractivity contribution in [2.45, 2.75) is 69.5 Å². The first-order valence-electron chi connectivity index (χ1n) is 6.60. The SMILES string of the molecule is NCCCC[C@@H](N)[C@H](O)O[C@@H]1CCC[C@H](O)C1. The van der Waals surface area contributed by atoms with E-state index >= 15 is 0 Å². The maximum absolute atomic E-state index is 9.80. The summed E-state index contributed by atoms with van der Waals surface area (Å²) in [6.45, 7) is 0.651. The van der Waals surface area contributed by atoms with Crippen molar-refractivity contribution in [3.05, 3.63) is 0 Å². The van der Waals surface area contributed by atoms with Crippen molar-refractivity contribution in [3.63, 3.8) is 0 Å². The Morgan fingerprint density at radius 2 is 2.06 bits per heavy atom. The maximum atomic E-state index is 9.80. The van der Waals surface area contributed by atoms with Crippen LogP contribution in [0.15, 0.2) is 0 Å². The van der Waals surface area contributed by atoms with Crippen LogP contribution in [0.2, 0.25) is 0 Å². The van der Waals surface area contributed by atoms with E-state index in [0.29, 0.717) is 19.4 Å². The molecule has 0 aliphatic heterocycles. The lowest BCUT2D eigenvalue weighted by atomic mass is 9.95. The highest BCUT2D eigenvalue weighted by molar-refractivity contribution is 4.74. The minimum atomic E-state index is -0.928. The number of aliphatic hydroxyl groups is 2. The molecule has 0 amide bonds. The number of nitrogens with two attached hydrogens (primary N) is 2. The average Bonchev–Trinajstić information content (AvgIpc) is 2.29. The van der Waals surface area contributed by atoms with Gasteiger partial charge in [-0.15, -0.1) is 0 Å². The second-order valence-corrected chi connectivity index (χ2v) is 4.92. The van der Waals surface area contributed by atoms with E-state index in [2.05, 4.69) is 0 Å². The molecule has 1 aliphatic rings. The number of hydrogen-bond acceptors (Lipinski definition) is 5. The maximum Gasteiger partial charge on any atom is 0.170 e. The monoisotopic (exact) mass is 246 g/mol. The van der Waals surface area contributed by atoms with E-state index in [0.717, 1.165) is 32.1 Å². The van der Waals surface area contributed by atoms with Gasteiger partial charge in [0.05, 0.1) is 18.2 Å². The molecule has 17 heavy (non-hydrogen) atoms. The normalized spacial score (nSPS) is 28.9. The van der Waals surface area contributed by atoms with Gasteiger partial charge >= 0.3 is 0 Å². The van der Waals surface area contributed by atoms with E-state index in [9.17, 15) is 10.2 Å². The standard InChI is InChI=1S/C12H26N2O3/c13-7-2-1-6-11(14)12(16)17-10-5-3-4-9(15)8-10/h9-12,15-16H,1-8,13-14H2/t9-,10+,11+,12+/m0/s1. The molecule has 1 fully saturated rings. The van der Waals surface area contributed by atoms with Crippen molar-refractivity contribution in [3.8, 4) is 0 Å². The molecule has 0 aromatic rings. The van der Waals surface area contributed by atoms with Gasteiger partial charge < -0.3 is 26.4 Å². The Morgan fingerprint density at radius 3 is 2.71 bits per heavy atom. The van der Waals surface area contributed by atoms with Gasteiger partial charge in [-0.05, 0) is 45.1 Å². The van der Waals surface area contributed by atoms with Crippen LogP contribution < -0.4 is 11.5 Å². The molecule has 1 rings (SSSR count). The van der Waals surface area contributed by atoms with E-state index in [-0.39, 0.29) is 18.2 Å². The van der Waals surface area contributed by atoms with E-state index in [1.54, 1.807) is 0 Å². The lowest BCUT2D eigenvalue weighted by Crippen LogP contribution is -2.40. The molecule has 0 spiro atoms. The summed E-state index contributed by atoms with van der Waals surface area (Å²) < 4.78 is 5.49. The van der Waals surface area contributed by atoms with Crippen LogP contribution in [0.25, 0.3) is 0 Å². The molecule has 102 valence electrons. The molecule has 4 atom stereocenters. The molecule has 0 saturated heterocycles. The molecule has 5 nitrogen and oxygen atoms in total. The zero-order valence-electron chi connectivity index (χ0n) is 10.4. The van der Waals surface area contributed by atoms with Crippen molar-refractivity contribution >= 4 is 0 Å². The zero-order valence-corrected chi connectivity index (χ0v) is 10.4. The first-order valence-corrected chi connectivity index (χ1v) is 6.60. The van der Waals surface area contributed by atoms with Crippen molar-refractivity contribution < 1.29 is 14.9 Å². The predicted octanol–water partition coefficient (Wildman–Crippen LogP) is 0.0812. The van der Waals surface area contributed by atoms with Crippen molar-refractivity contribution in [2.75, 3.05) is 6.54 Å². The summed E-state index contributed by atoms with van der Waals surface area (Å²) in [6.07, 6.45) is 4.53. The van der Waals surface area contributed by atoms with Gasteiger partial charge in [-0.25, -0.2) is 0 Å². The fourth-order valence-electron chi connectivity index (χ4n) is 2.21. The highest BCUT2D eigenvalue weighted by Crippen LogP contribution is 2.22. The van der Waals surface area contributed by atoms with Gasteiger partial charge in [0.2, 0.25) is 0 Å². The van der Waals surface area contributed by atoms with Gasteiger partial charge in [0, 0.05) is 0 Å². The molecule has 6 N–H and O–H groups in total. The van der Waals surface area contributed by atoms with Crippen molar-refractivity contribution in [2.24, 2.45) is 11.5 Å². The number of rotatable bonds is 7. The minimum Gasteiger partial charge on any atom is -0.393 e. The number of aliphatic hydroxyl groups excluding tert-OH is 2. The molecule has 0 bridgehead atoms. The summed E-state index contributed by atoms with van der Waals surface area (Å²) in [5.41, 5.74) is 11.2. The average molecular weight is 246 g/mol. The highest BCUT2D eigenvalue weighted by atomic mass is 16.6. The first kappa shape index (κ1) is 14.9. The Morgan fingerprint density at radius 1 is 1.29 bits per heavy atom. The van der Waals surface area contributed by atoms with Crippen molar-refractivity contribution in [1.82, 2.24) is 0 Å². The zero-order chi connectivity index (χ0) is 12.7. The third-order valence-corrected chi connectivity index (χ3v) is 3.29. The Kier molecular flexibility index (Phi) is 6.99. The van der Waals surface area contributed by atoms with Crippen LogP contribution in [-0.2, 0) is 4.74 Å². The molecule has 0 aromatic carbocycles. The van der Waals surface area contributed by atoms with Gasteiger partial charge in [-0.2, -0.15) is 0 Å². The summed E-state index contributed by atoms with van der Waals surface area (Å²) in [5.74, 6) is 0. The van der Waals surface area contributed by atoms with Gasteiger partial charge in [0.1, 0.15) is 0 Å². The largest absolute Gasteiger partial charge is 0.393 e. The third kappa shape index (κ3) is 5.79. The summed E-state index contributed by atoms with van der Waals surface area (Å²) in [6, 6.07) is -0.361. The fourth-order valence-corrected chi connectivity index (χ4v) is 2.21. The van der Waals surface area contributed by atoms with E-state index in [1.807, 2.05) is 0 Å². The minimum absolute atomic E-state index is 0.0608. The smallest absolute Gasteiger partial charge is 0.170 e. The van der Waals surface area contributed by atoms with Crippen LogP contribution in [0.1, 0.15) is 44.9 Å². The Hall–Kier alpha value is -0.200. The van der Waals surface area contributed by atoms with Crippen LogP contribution in [0, 0.1) is 0 Å². The molecular formula is C12H26N2O3. The third-order valence-electron chi connectivity index (χ3n) is 3.29. The quantitative estimate of drug-likeness (QED) is 0.376. The second-order valence-electron chi connectivity index (χ2n) is 4.92. The summed E-state index contributed by atoms with van der Waals surface area (Å²) in [4.78, 5) is 0. The fraction of sp³-hybridized carbons (Fsp3) is 1.00. The lowest BCUT2D eigenvalue weighted by Gasteiger charge is -2.30. The van der Waals surface area contributed by atoms with Gasteiger partial charge in [0.25, 0.3) is 0 Å². The molecule has 0 aromatic heterocycles. The second kappa shape index (κ2) is 8.00. The number of hydrogen-bond donors (Lipinski definition) is 4. The highest BCUT2D eigenvalue weighted by Gasteiger charge is 2.25. The Bertz CT molecular complexity index is 204. The summed E-state index contributed by atoms with van der Waals surface area (Å²) in [5, 5.41) is 19.3.